The molecular weight excluding hydrogens is 406 g/mol. The maximum absolute atomic E-state index is 13.1. The summed E-state index contributed by atoms with van der Waals surface area (Å²) < 4.78 is 10.6. The fourth-order valence-electron chi connectivity index (χ4n) is 5.01. The average molecular weight is 444 g/mol. The van der Waals surface area contributed by atoms with Crippen LogP contribution in [0.3, 0.4) is 0 Å². The third-order valence-electron chi connectivity index (χ3n) is 6.79. The molecule has 0 aromatic heterocycles. The number of benzene rings is 1. The van der Waals surface area contributed by atoms with Crippen molar-refractivity contribution in [3.63, 3.8) is 0 Å². The molecule has 0 heterocycles. The summed E-state index contributed by atoms with van der Waals surface area (Å²) in [7, 11) is 1.36. The molecule has 1 aromatic rings. The van der Waals surface area contributed by atoms with Crippen LogP contribution in [0.4, 0.5) is 4.79 Å². The fourth-order valence-corrected chi connectivity index (χ4v) is 5.01. The first kappa shape index (κ1) is 24.3. The standard InChI is InChI=1S/C26H37NO5/c1-31-24(29)26(16-15-20-9-4-2-5-10-20,18-22-13-8-14-23(28)17-22)27-25(30)32-19-21-11-6-3-7-12-21/h3,6-7,11-12,17,20,23,28H,2,4-5,8-10,13-16,18-19H2,1H3,(H,27,30)/t23-,26+/m0/s1. The van der Waals surface area contributed by atoms with Gasteiger partial charge in [0.05, 0.1) is 13.2 Å². The molecule has 6 nitrogen and oxygen atoms in total. The first-order valence-corrected chi connectivity index (χ1v) is 12.0. The molecule has 1 amide bonds. The van der Waals surface area contributed by atoms with Gasteiger partial charge in [-0.3, -0.25) is 0 Å². The van der Waals surface area contributed by atoms with Crippen LogP contribution in [0.5, 0.6) is 0 Å². The van der Waals surface area contributed by atoms with Crippen molar-refractivity contribution in [1.29, 1.82) is 0 Å². The van der Waals surface area contributed by atoms with E-state index in [0.717, 1.165) is 49.7 Å². The topological polar surface area (TPSA) is 84.9 Å². The number of aliphatic hydroxyl groups excluding tert-OH is 1. The van der Waals surface area contributed by atoms with E-state index in [9.17, 15) is 14.7 Å². The van der Waals surface area contributed by atoms with E-state index in [4.69, 9.17) is 9.47 Å². The largest absolute Gasteiger partial charge is 0.467 e. The number of rotatable bonds is 9. The van der Waals surface area contributed by atoms with Crippen molar-refractivity contribution >= 4 is 12.1 Å². The van der Waals surface area contributed by atoms with Crippen molar-refractivity contribution in [3.05, 3.63) is 47.5 Å². The van der Waals surface area contributed by atoms with E-state index >= 15 is 0 Å². The Balaban J connectivity index is 1.75. The van der Waals surface area contributed by atoms with Crippen molar-refractivity contribution in [1.82, 2.24) is 5.32 Å². The smallest absolute Gasteiger partial charge is 0.408 e. The van der Waals surface area contributed by atoms with Crippen molar-refractivity contribution in [3.8, 4) is 0 Å². The summed E-state index contributed by atoms with van der Waals surface area (Å²) in [6.45, 7) is 0.133. The van der Waals surface area contributed by atoms with E-state index in [1.165, 1.54) is 26.4 Å². The van der Waals surface area contributed by atoms with Crippen LogP contribution in [0.15, 0.2) is 42.0 Å². The van der Waals surface area contributed by atoms with E-state index in [1.54, 1.807) is 0 Å². The van der Waals surface area contributed by atoms with Gasteiger partial charge in [-0.05, 0) is 43.6 Å². The lowest BCUT2D eigenvalue weighted by molar-refractivity contribution is -0.149. The van der Waals surface area contributed by atoms with Gasteiger partial charge in [0.2, 0.25) is 0 Å². The molecule has 2 N–H and O–H groups in total. The van der Waals surface area contributed by atoms with Crippen molar-refractivity contribution in [2.45, 2.75) is 88.9 Å². The molecule has 1 fully saturated rings. The van der Waals surface area contributed by atoms with Crippen LogP contribution >= 0.6 is 0 Å². The molecular formula is C26H37NO5. The molecule has 0 saturated heterocycles. The minimum atomic E-state index is -1.19. The summed E-state index contributed by atoms with van der Waals surface area (Å²) >= 11 is 0. The summed E-state index contributed by atoms with van der Waals surface area (Å²) in [5.41, 5.74) is 0.677. The molecule has 32 heavy (non-hydrogen) atoms. The predicted octanol–water partition coefficient (Wildman–Crippen LogP) is 5.05. The third kappa shape index (κ3) is 7.09. The quantitative estimate of drug-likeness (QED) is 0.412. The van der Waals surface area contributed by atoms with E-state index in [2.05, 4.69) is 5.32 Å². The minimum Gasteiger partial charge on any atom is -0.467 e. The van der Waals surface area contributed by atoms with Gasteiger partial charge < -0.3 is 19.9 Å². The zero-order valence-corrected chi connectivity index (χ0v) is 19.2. The van der Waals surface area contributed by atoms with Crippen molar-refractivity contribution in [2.24, 2.45) is 5.92 Å². The second kappa shape index (κ2) is 12.0. The minimum absolute atomic E-state index is 0.133. The summed E-state index contributed by atoms with van der Waals surface area (Å²) in [6, 6.07) is 9.46. The van der Waals surface area contributed by atoms with Crippen LogP contribution < -0.4 is 5.32 Å². The number of carbonyl (C=O) groups excluding carboxylic acids is 2. The van der Waals surface area contributed by atoms with Gasteiger partial charge in [-0.2, -0.15) is 0 Å². The molecule has 1 aromatic carbocycles. The number of amides is 1. The van der Waals surface area contributed by atoms with Gasteiger partial charge in [-0.15, -0.1) is 0 Å². The number of alkyl carbamates (subject to hydrolysis) is 1. The third-order valence-corrected chi connectivity index (χ3v) is 6.79. The van der Waals surface area contributed by atoms with Gasteiger partial charge in [0.25, 0.3) is 0 Å². The number of ether oxygens (including phenoxy) is 2. The molecule has 0 bridgehead atoms. The molecule has 1 saturated carbocycles. The molecule has 0 unspecified atom stereocenters. The average Bonchev–Trinajstić information content (AvgIpc) is 2.82. The predicted molar refractivity (Wildman–Crippen MR) is 123 cm³/mol. The van der Waals surface area contributed by atoms with Gasteiger partial charge in [-0.25, -0.2) is 9.59 Å². The number of methoxy groups -OCH3 is 1. The molecule has 0 aliphatic heterocycles. The lowest BCUT2D eigenvalue weighted by atomic mass is 9.78. The number of hydrogen-bond acceptors (Lipinski definition) is 5. The maximum atomic E-state index is 13.1. The Morgan fingerprint density at radius 3 is 2.53 bits per heavy atom. The number of nitrogens with one attached hydrogen (secondary N) is 1. The zero-order chi connectivity index (χ0) is 22.8. The molecule has 0 radical (unpaired) electrons. The number of hydrogen-bond donors (Lipinski definition) is 2. The maximum Gasteiger partial charge on any atom is 0.408 e. The second-order valence-electron chi connectivity index (χ2n) is 9.26. The van der Waals surface area contributed by atoms with Crippen LogP contribution in [0.1, 0.15) is 76.2 Å². The van der Waals surface area contributed by atoms with E-state index in [1.807, 2.05) is 36.4 Å². The molecule has 2 aliphatic carbocycles. The number of carbonyl (C=O) groups is 2. The Kier molecular flexibility index (Phi) is 9.15. The van der Waals surface area contributed by atoms with Crippen LogP contribution in [0.25, 0.3) is 0 Å². The number of esters is 1. The summed E-state index contributed by atoms with van der Waals surface area (Å²) in [4.78, 5) is 25.9. The Hall–Kier alpha value is -2.34. The molecule has 6 heteroatoms. The van der Waals surface area contributed by atoms with E-state index in [0.29, 0.717) is 18.8 Å². The monoisotopic (exact) mass is 443 g/mol. The molecule has 3 rings (SSSR count). The first-order chi connectivity index (χ1) is 15.5. The second-order valence-corrected chi connectivity index (χ2v) is 9.26. The lowest BCUT2D eigenvalue weighted by Gasteiger charge is -2.35. The van der Waals surface area contributed by atoms with Crippen LogP contribution in [-0.2, 0) is 20.9 Å². The van der Waals surface area contributed by atoms with E-state index in [-0.39, 0.29) is 6.61 Å². The van der Waals surface area contributed by atoms with Gasteiger partial charge >= 0.3 is 12.1 Å². The van der Waals surface area contributed by atoms with Crippen LogP contribution in [-0.4, -0.2) is 35.9 Å². The lowest BCUT2D eigenvalue weighted by Crippen LogP contribution is -2.55. The Bertz CT molecular complexity index is 772. The molecule has 176 valence electrons. The summed E-state index contributed by atoms with van der Waals surface area (Å²) in [5, 5.41) is 13.0. The highest BCUT2D eigenvalue weighted by atomic mass is 16.6. The van der Waals surface area contributed by atoms with Gasteiger partial charge in [0.15, 0.2) is 0 Å². The van der Waals surface area contributed by atoms with Crippen LogP contribution in [0.2, 0.25) is 0 Å². The summed E-state index contributed by atoms with van der Waals surface area (Å²) in [5.74, 6) is 0.103. The normalized spacial score (nSPS) is 21.2. The number of aliphatic hydroxyl groups is 1. The van der Waals surface area contributed by atoms with Crippen molar-refractivity contribution in [2.75, 3.05) is 7.11 Å². The van der Waals surface area contributed by atoms with Gasteiger partial charge in [0, 0.05) is 6.42 Å². The molecule has 2 atom stereocenters. The SMILES string of the molecule is COC(=O)[C@@](CCC1CCCCC1)(CC1=C[C@@H](O)CCC1)NC(=O)OCc1ccccc1. The van der Waals surface area contributed by atoms with Crippen LogP contribution in [0, 0.1) is 5.92 Å². The Morgan fingerprint density at radius 1 is 1.09 bits per heavy atom. The van der Waals surface area contributed by atoms with E-state index < -0.39 is 23.7 Å². The first-order valence-electron chi connectivity index (χ1n) is 12.0. The Labute approximate surface area is 191 Å². The highest BCUT2D eigenvalue weighted by Crippen LogP contribution is 2.34. The van der Waals surface area contributed by atoms with Gasteiger partial charge in [-0.1, -0.05) is 74.1 Å². The zero-order valence-electron chi connectivity index (χ0n) is 19.2. The summed E-state index contributed by atoms with van der Waals surface area (Å²) in [6.07, 6.45) is 10.8. The molecule has 0 spiro atoms. The van der Waals surface area contributed by atoms with Crippen molar-refractivity contribution < 1.29 is 24.2 Å². The highest BCUT2D eigenvalue weighted by Gasteiger charge is 2.43. The fraction of sp³-hybridized carbons (Fsp3) is 0.615. The Morgan fingerprint density at radius 2 is 1.84 bits per heavy atom. The van der Waals surface area contributed by atoms with Gasteiger partial charge in [0.1, 0.15) is 12.1 Å². The highest BCUT2D eigenvalue weighted by molar-refractivity contribution is 5.86. The molecule has 2 aliphatic rings.